The molecule has 1 aliphatic heterocycles. The maximum Gasteiger partial charge on any atom is 0.255 e. The number of aromatic nitrogens is 4. The molecule has 8 nitrogen and oxygen atoms in total. The van der Waals surface area contributed by atoms with Crippen LogP contribution in [-0.4, -0.2) is 52.4 Å². The minimum atomic E-state index is -0.141. The minimum Gasteiger partial charge on any atom is -0.378 e. The molecular weight excluding hydrogens is 344 g/mol. The third kappa shape index (κ3) is 3.80. The summed E-state index contributed by atoms with van der Waals surface area (Å²) in [5, 5.41) is 14.1. The number of aryl methyl sites for hydroxylation is 1. The summed E-state index contributed by atoms with van der Waals surface area (Å²) < 4.78 is 6.96. The fourth-order valence-electron chi connectivity index (χ4n) is 3.11. The van der Waals surface area contributed by atoms with E-state index >= 15 is 0 Å². The van der Waals surface area contributed by atoms with Gasteiger partial charge in [0.2, 0.25) is 0 Å². The number of nitrogens with zero attached hydrogens (tertiary/aromatic N) is 5. The van der Waals surface area contributed by atoms with Gasteiger partial charge in [-0.15, -0.1) is 5.10 Å². The maximum absolute atomic E-state index is 12.5. The Morgan fingerprint density at radius 1 is 1.11 bits per heavy atom. The second-order valence-electron chi connectivity index (χ2n) is 6.36. The zero-order chi connectivity index (χ0) is 18.6. The van der Waals surface area contributed by atoms with E-state index in [9.17, 15) is 4.79 Å². The summed E-state index contributed by atoms with van der Waals surface area (Å²) in [4.78, 5) is 14.8. The van der Waals surface area contributed by atoms with Crippen molar-refractivity contribution in [3.8, 4) is 5.69 Å². The molecule has 0 aliphatic carbocycles. The molecule has 0 atom stereocenters. The smallest absolute Gasteiger partial charge is 0.255 e. The van der Waals surface area contributed by atoms with Crippen molar-refractivity contribution in [3.63, 3.8) is 0 Å². The molecule has 1 saturated heterocycles. The number of hydrogen-bond acceptors (Lipinski definition) is 6. The van der Waals surface area contributed by atoms with Gasteiger partial charge in [0.05, 0.1) is 18.9 Å². The van der Waals surface area contributed by atoms with Crippen LogP contribution in [0.2, 0.25) is 0 Å². The van der Waals surface area contributed by atoms with Crippen molar-refractivity contribution < 1.29 is 9.53 Å². The van der Waals surface area contributed by atoms with Crippen LogP contribution in [0.4, 0.5) is 11.4 Å². The summed E-state index contributed by atoms with van der Waals surface area (Å²) in [7, 11) is 0. The summed E-state index contributed by atoms with van der Waals surface area (Å²) in [6, 6.07) is 13.3. The number of amides is 1. The van der Waals surface area contributed by atoms with E-state index in [0.29, 0.717) is 5.56 Å². The fraction of sp³-hybridized carbons (Fsp3) is 0.263. The van der Waals surface area contributed by atoms with Crippen molar-refractivity contribution in [1.29, 1.82) is 0 Å². The van der Waals surface area contributed by atoms with Crippen LogP contribution in [0.15, 0.2) is 48.8 Å². The lowest BCUT2D eigenvalue weighted by Gasteiger charge is -2.28. The third-order valence-corrected chi connectivity index (χ3v) is 4.56. The fourth-order valence-corrected chi connectivity index (χ4v) is 3.11. The van der Waals surface area contributed by atoms with Gasteiger partial charge in [-0.2, -0.15) is 0 Å². The maximum atomic E-state index is 12.5. The molecule has 1 amide bonds. The number of tetrazole rings is 1. The van der Waals surface area contributed by atoms with Crippen molar-refractivity contribution >= 4 is 17.3 Å². The van der Waals surface area contributed by atoms with E-state index in [0.717, 1.165) is 48.9 Å². The first-order valence-corrected chi connectivity index (χ1v) is 8.79. The van der Waals surface area contributed by atoms with Gasteiger partial charge >= 0.3 is 0 Å². The minimum absolute atomic E-state index is 0.141. The standard InChI is InChI=1S/C19H20N6O2/c1-14-12-16(4-7-18(14)25-13-20-22-23-25)21-19(26)15-2-5-17(6-3-15)24-8-10-27-11-9-24/h2-7,12-13H,8-11H2,1H3,(H,21,26). The number of nitrogens with one attached hydrogen (secondary N) is 1. The summed E-state index contributed by atoms with van der Waals surface area (Å²) in [5.74, 6) is -0.141. The van der Waals surface area contributed by atoms with E-state index in [4.69, 9.17) is 4.74 Å². The normalized spacial score (nSPS) is 14.2. The SMILES string of the molecule is Cc1cc(NC(=O)c2ccc(N3CCOCC3)cc2)ccc1-n1cnnn1. The summed E-state index contributed by atoms with van der Waals surface area (Å²) >= 11 is 0. The monoisotopic (exact) mass is 364 g/mol. The molecule has 0 unspecified atom stereocenters. The molecule has 27 heavy (non-hydrogen) atoms. The van der Waals surface area contributed by atoms with Gasteiger partial charge in [0.1, 0.15) is 6.33 Å². The largest absolute Gasteiger partial charge is 0.378 e. The van der Waals surface area contributed by atoms with Gasteiger partial charge in [0.25, 0.3) is 5.91 Å². The number of morpholine rings is 1. The van der Waals surface area contributed by atoms with Gasteiger partial charge in [0.15, 0.2) is 0 Å². The lowest BCUT2D eigenvalue weighted by Crippen LogP contribution is -2.36. The summed E-state index contributed by atoms with van der Waals surface area (Å²) in [5.41, 5.74) is 4.29. The van der Waals surface area contributed by atoms with Gasteiger partial charge < -0.3 is 15.0 Å². The zero-order valence-corrected chi connectivity index (χ0v) is 15.0. The van der Waals surface area contributed by atoms with Crippen molar-refractivity contribution in [1.82, 2.24) is 20.2 Å². The van der Waals surface area contributed by atoms with Gasteiger partial charge in [-0.05, 0) is 65.4 Å². The quantitative estimate of drug-likeness (QED) is 0.763. The Labute approximate surface area is 156 Å². The van der Waals surface area contributed by atoms with Crippen LogP contribution in [0.1, 0.15) is 15.9 Å². The molecular formula is C19H20N6O2. The first kappa shape index (κ1) is 17.2. The average Bonchev–Trinajstić information content (AvgIpc) is 3.23. The first-order valence-electron chi connectivity index (χ1n) is 8.79. The van der Waals surface area contributed by atoms with Crippen molar-refractivity contribution in [3.05, 3.63) is 59.9 Å². The van der Waals surface area contributed by atoms with Crippen LogP contribution in [0.5, 0.6) is 0 Å². The molecule has 1 aliphatic rings. The lowest BCUT2D eigenvalue weighted by molar-refractivity contribution is 0.102. The molecule has 1 N–H and O–H groups in total. The molecule has 2 aromatic carbocycles. The Kier molecular flexibility index (Phi) is 4.80. The van der Waals surface area contributed by atoms with E-state index in [1.54, 1.807) is 4.68 Å². The van der Waals surface area contributed by atoms with Gasteiger partial charge in [0, 0.05) is 30.0 Å². The molecule has 0 radical (unpaired) electrons. The lowest BCUT2D eigenvalue weighted by atomic mass is 10.1. The van der Waals surface area contributed by atoms with Crippen molar-refractivity contribution in [2.75, 3.05) is 36.5 Å². The number of anilines is 2. The van der Waals surface area contributed by atoms with E-state index in [1.807, 2.05) is 49.4 Å². The number of hydrogen-bond donors (Lipinski definition) is 1. The van der Waals surface area contributed by atoms with Crippen molar-refractivity contribution in [2.45, 2.75) is 6.92 Å². The highest BCUT2D eigenvalue weighted by molar-refractivity contribution is 6.04. The van der Waals surface area contributed by atoms with Gasteiger partial charge in [-0.1, -0.05) is 0 Å². The highest BCUT2D eigenvalue weighted by Gasteiger charge is 2.13. The van der Waals surface area contributed by atoms with E-state index in [-0.39, 0.29) is 5.91 Å². The Bertz CT molecular complexity index is 918. The molecule has 1 aromatic heterocycles. The van der Waals surface area contributed by atoms with Crippen LogP contribution in [0.25, 0.3) is 5.69 Å². The number of rotatable bonds is 4. The molecule has 3 aromatic rings. The average molecular weight is 364 g/mol. The molecule has 8 heteroatoms. The first-order chi connectivity index (χ1) is 13.2. The third-order valence-electron chi connectivity index (χ3n) is 4.56. The number of carbonyl (C=O) groups is 1. The molecule has 138 valence electrons. The Balaban J connectivity index is 1.45. The Morgan fingerprint density at radius 2 is 1.89 bits per heavy atom. The number of benzene rings is 2. The summed E-state index contributed by atoms with van der Waals surface area (Å²) in [6.45, 7) is 5.17. The molecule has 4 rings (SSSR count). The van der Waals surface area contributed by atoms with Crippen LogP contribution in [0, 0.1) is 6.92 Å². The summed E-state index contributed by atoms with van der Waals surface area (Å²) in [6.07, 6.45) is 1.54. The number of ether oxygens (including phenoxy) is 1. The van der Waals surface area contributed by atoms with Crippen LogP contribution >= 0.6 is 0 Å². The second-order valence-corrected chi connectivity index (χ2v) is 6.36. The zero-order valence-electron chi connectivity index (χ0n) is 15.0. The Hall–Kier alpha value is -3.26. The van der Waals surface area contributed by atoms with Crippen molar-refractivity contribution in [2.24, 2.45) is 0 Å². The molecule has 1 fully saturated rings. The molecule has 0 spiro atoms. The molecule has 0 saturated carbocycles. The predicted molar refractivity (Wildman–Crippen MR) is 101 cm³/mol. The molecule has 0 bridgehead atoms. The van der Waals surface area contributed by atoms with E-state index < -0.39 is 0 Å². The van der Waals surface area contributed by atoms with Gasteiger partial charge in [-0.3, -0.25) is 4.79 Å². The van der Waals surface area contributed by atoms with E-state index in [1.165, 1.54) is 6.33 Å². The second kappa shape index (κ2) is 7.55. The topological polar surface area (TPSA) is 85.2 Å². The highest BCUT2D eigenvalue weighted by atomic mass is 16.5. The van der Waals surface area contributed by atoms with E-state index in [2.05, 4.69) is 25.7 Å². The number of carbonyl (C=O) groups excluding carboxylic acids is 1. The highest BCUT2D eigenvalue weighted by Crippen LogP contribution is 2.20. The van der Waals surface area contributed by atoms with Crippen LogP contribution in [-0.2, 0) is 4.74 Å². The predicted octanol–water partition coefficient (Wildman–Crippen LogP) is 2.06. The van der Waals surface area contributed by atoms with Crippen LogP contribution in [0.3, 0.4) is 0 Å². The van der Waals surface area contributed by atoms with Gasteiger partial charge in [-0.25, -0.2) is 4.68 Å². The van der Waals surface area contributed by atoms with Crippen LogP contribution < -0.4 is 10.2 Å². The molecule has 2 heterocycles. The Morgan fingerprint density at radius 3 is 2.56 bits per heavy atom.